The van der Waals surface area contributed by atoms with Crippen LogP contribution in [0.2, 0.25) is 0 Å². The first-order chi connectivity index (χ1) is 15.4. The van der Waals surface area contributed by atoms with Crippen LogP contribution in [0.4, 0.5) is 11.4 Å². The molecule has 0 aliphatic carbocycles. The van der Waals surface area contributed by atoms with Gasteiger partial charge in [-0.3, -0.25) is 14.4 Å². The van der Waals surface area contributed by atoms with Crippen LogP contribution in [0, 0.1) is 0 Å². The molecule has 160 valence electrons. The molecule has 3 aromatic rings. The van der Waals surface area contributed by atoms with E-state index < -0.39 is 17.8 Å². The highest BCUT2D eigenvalue weighted by molar-refractivity contribution is 6.34. The summed E-state index contributed by atoms with van der Waals surface area (Å²) in [6.45, 7) is 1.42. The number of imide groups is 1. The highest BCUT2D eigenvalue weighted by Crippen LogP contribution is 2.33. The molecule has 0 saturated carbocycles. The third-order valence-corrected chi connectivity index (χ3v) is 4.79. The summed E-state index contributed by atoms with van der Waals surface area (Å²) < 4.78 is 10.5. The summed E-state index contributed by atoms with van der Waals surface area (Å²) in [4.78, 5) is 49.8. The molecule has 0 radical (unpaired) electrons. The topological polar surface area (TPSA) is 102 Å². The van der Waals surface area contributed by atoms with Gasteiger partial charge in [-0.25, -0.2) is 9.69 Å². The minimum Gasteiger partial charge on any atom is -0.465 e. The number of anilines is 2. The zero-order chi connectivity index (χ0) is 22.8. The Balaban J connectivity index is 1.58. The van der Waals surface area contributed by atoms with Crippen LogP contribution in [0.3, 0.4) is 0 Å². The standard InChI is InChI=1S/C24H18N2O6/c1-14(27)25-16-6-8-18(9-7-16)32-19-10-11-20-21(13-19)23(29)26(22(20)28)17-5-3-4-15(12-17)24(30)31-2/h3-13H,1-2H3,(H,25,27). The van der Waals surface area contributed by atoms with E-state index in [4.69, 9.17) is 9.47 Å². The molecule has 1 aliphatic heterocycles. The van der Waals surface area contributed by atoms with Gasteiger partial charge in [-0.2, -0.15) is 0 Å². The second-order valence-electron chi connectivity index (χ2n) is 7.00. The Hall–Kier alpha value is -4.46. The number of hydrogen-bond donors (Lipinski definition) is 1. The quantitative estimate of drug-likeness (QED) is 0.484. The number of rotatable bonds is 5. The minimum absolute atomic E-state index is 0.179. The lowest BCUT2D eigenvalue weighted by Crippen LogP contribution is -2.29. The predicted molar refractivity (Wildman–Crippen MR) is 116 cm³/mol. The number of carbonyl (C=O) groups is 4. The van der Waals surface area contributed by atoms with Crippen LogP contribution in [0.15, 0.2) is 66.7 Å². The van der Waals surface area contributed by atoms with E-state index in [-0.39, 0.29) is 28.3 Å². The molecular formula is C24H18N2O6. The number of methoxy groups -OCH3 is 1. The molecule has 0 atom stereocenters. The predicted octanol–water partition coefficient (Wildman–Crippen LogP) is 4.02. The second kappa shape index (κ2) is 8.35. The summed E-state index contributed by atoms with van der Waals surface area (Å²) in [5, 5.41) is 2.66. The van der Waals surface area contributed by atoms with Crippen molar-refractivity contribution >= 4 is 35.1 Å². The van der Waals surface area contributed by atoms with Crippen molar-refractivity contribution in [2.75, 3.05) is 17.3 Å². The molecule has 0 spiro atoms. The molecule has 1 aliphatic rings. The van der Waals surface area contributed by atoms with Crippen molar-refractivity contribution in [3.8, 4) is 11.5 Å². The van der Waals surface area contributed by atoms with E-state index in [1.807, 2.05) is 0 Å². The monoisotopic (exact) mass is 430 g/mol. The average molecular weight is 430 g/mol. The minimum atomic E-state index is -0.566. The number of amides is 3. The summed E-state index contributed by atoms with van der Waals surface area (Å²) in [6.07, 6.45) is 0. The van der Waals surface area contributed by atoms with Crippen molar-refractivity contribution in [1.29, 1.82) is 0 Å². The van der Waals surface area contributed by atoms with E-state index >= 15 is 0 Å². The van der Waals surface area contributed by atoms with E-state index in [0.29, 0.717) is 17.2 Å². The summed E-state index contributed by atoms with van der Waals surface area (Å²) in [7, 11) is 1.26. The van der Waals surface area contributed by atoms with E-state index in [1.165, 1.54) is 38.3 Å². The van der Waals surface area contributed by atoms with Crippen LogP contribution in [-0.4, -0.2) is 30.8 Å². The van der Waals surface area contributed by atoms with E-state index in [0.717, 1.165) is 4.90 Å². The number of nitrogens with zero attached hydrogens (tertiary/aromatic N) is 1. The molecule has 8 nitrogen and oxygen atoms in total. The number of nitrogens with one attached hydrogen (secondary N) is 1. The first-order valence-corrected chi connectivity index (χ1v) is 9.64. The van der Waals surface area contributed by atoms with Gasteiger partial charge >= 0.3 is 5.97 Å². The lowest BCUT2D eigenvalue weighted by Gasteiger charge is -2.14. The van der Waals surface area contributed by atoms with Gasteiger partial charge in [0.2, 0.25) is 5.91 Å². The molecule has 0 fully saturated rings. The zero-order valence-corrected chi connectivity index (χ0v) is 17.2. The fourth-order valence-electron chi connectivity index (χ4n) is 3.35. The van der Waals surface area contributed by atoms with E-state index in [9.17, 15) is 19.2 Å². The maximum Gasteiger partial charge on any atom is 0.337 e. The van der Waals surface area contributed by atoms with Gasteiger partial charge in [-0.15, -0.1) is 0 Å². The molecule has 4 rings (SSSR count). The van der Waals surface area contributed by atoms with Gasteiger partial charge < -0.3 is 14.8 Å². The molecule has 32 heavy (non-hydrogen) atoms. The highest BCUT2D eigenvalue weighted by atomic mass is 16.5. The van der Waals surface area contributed by atoms with E-state index in [1.54, 1.807) is 42.5 Å². The maximum atomic E-state index is 13.0. The van der Waals surface area contributed by atoms with Crippen LogP contribution in [0.5, 0.6) is 11.5 Å². The number of hydrogen-bond acceptors (Lipinski definition) is 6. The summed E-state index contributed by atoms with van der Waals surface area (Å²) in [5.74, 6) is -0.872. The largest absolute Gasteiger partial charge is 0.465 e. The molecule has 3 aromatic carbocycles. The first kappa shape index (κ1) is 20.8. The summed E-state index contributed by atoms with van der Waals surface area (Å²) in [6, 6.07) is 17.5. The average Bonchev–Trinajstić information content (AvgIpc) is 3.04. The highest BCUT2D eigenvalue weighted by Gasteiger charge is 2.37. The normalized spacial score (nSPS) is 12.4. The third kappa shape index (κ3) is 3.93. The van der Waals surface area contributed by atoms with Crippen LogP contribution >= 0.6 is 0 Å². The number of ether oxygens (including phenoxy) is 2. The fourth-order valence-corrected chi connectivity index (χ4v) is 3.35. The molecule has 1 N–H and O–H groups in total. The lowest BCUT2D eigenvalue weighted by atomic mass is 10.1. The number of benzene rings is 3. The molecule has 0 bridgehead atoms. The second-order valence-corrected chi connectivity index (χ2v) is 7.00. The fraction of sp³-hybridized carbons (Fsp3) is 0.0833. The van der Waals surface area contributed by atoms with Crippen LogP contribution < -0.4 is 15.0 Å². The Morgan fingerprint density at radius 3 is 2.22 bits per heavy atom. The molecular weight excluding hydrogens is 412 g/mol. The van der Waals surface area contributed by atoms with Crippen LogP contribution in [0.25, 0.3) is 0 Å². The Morgan fingerprint density at radius 2 is 1.53 bits per heavy atom. The van der Waals surface area contributed by atoms with Crippen LogP contribution in [0.1, 0.15) is 38.0 Å². The zero-order valence-electron chi connectivity index (χ0n) is 17.2. The molecule has 1 heterocycles. The van der Waals surface area contributed by atoms with Gasteiger partial charge in [-0.05, 0) is 60.7 Å². The molecule has 8 heteroatoms. The number of fused-ring (bicyclic) bond motifs is 1. The van der Waals surface area contributed by atoms with Gasteiger partial charge in [-0.1, -0.05) is 6.07 Å². The first-order valence-electron chi connectivity index (χ1n) is 9.64. The van der Waals surface area contributed by atoms with E-state index in [2.05, 4.69) is 5.32 Å². The Morgan fingerprint density at radius 1 is 0.844 bits per heavy atom. The van der Waals surface area contributed by atoms with Gasteiger partial charge in [0.15, 0.2) is 0 Å². The van der Waals surface area contributed by atoms with Crippen molar-refractivity contribution in [2.24, 2.45) is 0 Å². The summed E-state index contributed by atoms with van der Waals surface area (Å²) in [5.41, 5.74) is 1.57. The lowest BCUT2D eigenvalue weighted by molar-refractivity contribution is -0.114. The Labute approximate surface area is 183 Å². The number of esters is 1. The molecule has 0 saturated heterocycles. The van der Waals surface area contributed by atoms with Gasteiger partial charge in [0.1, 0.15) is 11.5 Å². The Kier molecular flexibility index (Phi) is 5.43. The summed E-state index contributed by atoms with van der Waals surface area (Å²) >= 11 is 0. The van der Waals surface area contributed by atoms with Gasteiger partial charge in [0.05, 0.1) is 29.5 Å². The third-order valence-electron chi connectivity index (χ3n) is 4.79. The molecule has 0 aromatic heterocycles. The van der Waals surface area contributed by atoms with Gasteiger partial charge in [0.25, 0.3) is 11.8 Å². The van der Waals surface area contributed by atoms with Crippen molar-refractivity contribution in [3.05, 3.63) is 83.4 Å². The van der Waals surface area contributed by atoms with Crippen LogP contribution in [-0.2, 0) is 9.53 Å². The van der Waals surface area contributed by atoms with Crippen molar-refractivity contribution in [3.63, 3.8) is 0 Å². The maximum absolute atomic E-state index is 13.0. The smallest absolute Gasteiger partial charge is 0.337 e. The van der Waals surface area contributed by atoms with Crippen molar-refractivity contribution in [1.82, 2.24) is 0 Å². The van der Waals surface area contributed by atoms with Gasteiger partial charge in [0, 0.05) is 12.6 Å². The molecule has 0 unspecified atom stereocenters. The van der Waals surface area contributed by atoms with Crippen molar-refractivity contribution in [2.45, 2.75) is 6.92 Å². The SMILES string of the molecule is COC(=O)c1cccc(N2C(=O)c3ccc(Oc4ccc(NC(C)=O)cc4)cc3C2=O)c1. The number of carbonyl (C=O) groups excluding carboxylic acids is 4. The Bertz CT molecular complexity index is 1250. The van der Waals surface area contributed by atoms with Crippen molar-refractivity contribution < 1.29 is 28.7 Å². The molecule has 3 amide bonds.